The molecule has 2 bridgehead atoms. The molecule has 1 aromatic carbocycles. The van der Waals surface area contributed by atoms with Crippen molar-refractivity contribution in [3.8, 4) is 11.5 Å². The summed E-state index contributed by atoms with van der Waals surface area (Å²) in [5, 5.41) is 0. The molecule has 2 heterocycles. The van der Waals surface area contributed by atoms with Gasteiger partial charge in [0, 0.05) is 29.8 Å². The van der Waals surface area contributed by atoms with Crippen molar-refractivity contribution < 1.29 is 9.47 Å². The maximum Gasteiger partial charge on any atom is 0.127 e. The Morgan fingerprint density at radius 3 is 2.38 bits per heavy atom. The van der Waals surface area contributed by atoms with E-state index in [1.165, 1.54) is 25.7 Å². The van der Waals surface area contributed by atoms with Crippen molar-refractivity contribution in [1.82, 2.24) is 4.90 Å². The van der Waals surface area contributed by atoms with Crippen LogP contribution >= 0.6 is 0 Å². The van der Waals surface area contributed by atoms with Crippen LogP contribution in [0.5, 0.6) is 11.5 Å². The van der Waals surface area contributed by atoms with Crippen LogP contribution in [-0.2, 0) is 0 Å². The van der Waals surface area contributed by atoms with Crippen molar-refractivity contribution in [2.75, 3.05) is 21.3 Å². The lowest BCUT2D eigenvalue weighted by molar-refractivity contribution is 0.120. The zero-order valence-electron chi connectivity index (χ0n) is 13.2. The van der Waals surface area contributed by atoms with E-state index in [4.69, 9.17) is 15.2 Å². The van der Waals surface area contributed by atoms with Crippen molar-refractivity contribution in [3.63, 3.8) is 0 Å². The van der Waals surface area contributed by atoms with Crippen LogP contribution in [0.25, 0.3) is 0 Å². The first-order valence-corrected chi connectivity index (χ1v) is 7.83. The summed E-state index contributed by atoms with van der Waals surface area (Å²) in [5.41, 5.74) is 7.70. The smallest absolute Gasteiger partial charge is 0.127 e. The van der Waals surface area contributed by atoms with E-state index >= 15 is 0 Å². The van der Waals surface area contributed by atoms with Crippen molar-refractivity contribution in [2.45, 2.75) is 43.8 Å². The van der Waals surface area contributed by atoms with Gasteiger partial charge < -0.3 is 20.1 Å². The minimum absolute atomic E-state index is 0.0441. The van der Waals surface area contributed by atoms with Crippen molar-refractivity contribution in [3.05, 3.63) is 23.8 Å². The van der Waals surface area contributed by atoms with Gasteiger partial charge in [0.2, 0.25) is 0 Å². The number of fused-ring (bicyclic) bond motifs is 2. The van der Waals surface area contributed by atoms with Gasteiger partial charge in [-0.3, -0.25) is 0 Å². The zero-order chi connectivity index (χ0) is 15.0. The Morgan fingerprint density at radius 1 is 1.14 bits per heavy atom. The SMILES string of the molecule is COc1ccc(C(N)C2CC3CCC(C2)N3C)c(OC)c1. The first kappa shape index (κ1) is 14.7. The van der Waals surface area contributed by atoms with Gasteiger partial charge in [-0.2, -0.15) is 0 Å². The highest BCUT2D eigenvalue weighted by Crippen LogP contribution is 2.43. The lowest BCUT2D eigenvalue weighted by Crippen LogP contribution is -2.42. The Labute approximate surface area is 127 Å². The van der Waals surface area contributed by atoms with E-state index in [1.54, 1.807) is 14.2 Å². The van der Waals surface area contributed by atoms with E-state index in [9.17, 15) is 0 Å². The van der Waals surface area contributed by atoms with Crippen molar-refractivity contribution >= 4 is 0 Å². The van der Waals surface area contributed by atoms with Crippen molar-refractivity contribution in [2.24, 2.45) is 11.7 Å². The number of nitrogens with two attached hydrogens (primary N) is 1. The van der Waals surface area contributed by atoms with Gasteiger partial charge in [-0.25, -0.2) is 0 Å². The maximum absolute atomic E-state index is 6.60. The highest BCUT2D eigenvalue weighted by molar-refractivity contribution is 5.42. The third kappa shape index (κ3) is 2.62. The van der Waals surface area contributed by atoms with Crippen LogP contribution in [0, 0.1) is 5.92 Å². The third-order valence-corrected chi connectivity index (χ3v) is 5.44. The predicted octanol–water partition coefficient (Wildman–Crippen LogP) is 2.58. The zero-order valence-corrected chi connectivity index (χ0v) is 13.2. The van der Waals surface area contributed by atoms with Gasteiger partial charge in [0.15, 0.2) is 0 Å². The van der Waals surface area contributed by atoms with Gasteiger partial charge in [-0.1, -0.05) is 6.07 Å². The van der Waals surface area contributed by atoms with Crippen molar-refractivity contribution in [1.29, 1.82) is 0 Å². The number of nitrogens with zero attached hydrogens (tertiary/aromatic N) is 1. The molecular weight excluding hydrogens is 264 g/mol. The standard InChI is InChI=1S/C17H26N2O2/c1-19-12-4-5-13(19)9-11(8-12)17(18)15-7-6-14(20-2)10-16(15)21-3/h6-7,10-13,17H,4-5,8-9,18H2,1-3H3. The van der Waals surface area contributed by atoms with Crippen LogP contribution in [0.4, 0.5) is 0 Å². The fourth-order valence-electron chi connectivity index (χ4n) is 4.09. The molecular formula is C17H26N2O2. The molecule has 0 spiro atoms. The van der Waals surface area contributed by atoms with Gasteiger partial charge in [0.25, 0.3) is 0 Å². The average molecular weight is 290 g/mol. The van der Waals surface area contributed by atoms with Crippen LogP contribution < -0.4 is 15.2 Å². The van der Waals surface area contributed by atoms with Gasteiger partial charge in [0.1, 0.15) is 11.5 Å². The summed E-state index contributed by atoms with van der Waals surface area (Å²) >= 11 is 0. The minimum atomic E-state index is 0.0441. The Balaban J connectivity index is 1.81. The molecule has 4 nitrogen and oxygen atoms in total. The monoisotopic (exact) mass is 290 g/mol. The normalized spacial score (nSPS) is 30.2. The first-order valence-electron chi connectivity index (χ1n) is 7.83. The van der Waals surface area contributed by atoms with Gasteiger partial charge in [-0.15, -0.1) is 0 Å². The number of benzene rings is 1. The largest absolute Gasteiger partial charge is 0.497 e. The van der Waals surface area contributed by atoms with E-state index < -0.39 is 0 Å². The molecule has 2 aliphatic heterocycles. The molecule has 0 aromatic heterocycles. The van der Waals surface area contributed by atoms with E-state index in [2.05, 4.69) is 18.0 Å². The van der Waals surface area contributed by atoms with E-state index in [0.29, 0.717) is 18.0 Å². The number of piperidine rings is 1. The second-order valence-corrected chi connectivity index (χ2v) is 6.42. The summed E-state index contributed by atoms with van der Waals surface area (Å²) in [7, 11) is 5.63. The Morgan fingerprint density at radius 2 is 1.81 bits per heavy atom. The molecule has 2 saturated heterocycles. The predicted molar refractivity (Wildman–Crippen MR) is 83.8 cm³/mol. The van der Waals surface area contributed by atoms with Crippen LogP contribution in [0.1, 0.15) is 37.3 Å². The Bertz CT molecular complexity index is 492. The highest BCUT2D eigenvalue weighted by Gasteiger charge is 2.40. The molecule has 2 N–H and O–H groups in total. The molecule has 3 unspecified atom stereocenters. The third-order valence-electron chi connectivity index (χ3n) is 5.44. The summed E-state index contributed by atoms with van der Waals surface area (Å²) in [5.74, 6) is 2.19. The topological polar surface area (TPSA) is 47.7 Å². The molecule has 116 valence electrons. The molecule has 0 amide bonds. The summed E-state index contributed by atoms with van der Waals surface area (Å²) in [6, 6.07) is 7.43. The Hall–Kier alpha value is -1.26. The molecule has 3 rings (SSSR count). The fourth-order valence-corrected chi connectivity index (χ4v) is 4.09. The summed E-state index contributed by atoms with van der Waals surface area (Å²) in [6.07, 6.45) is 5.04. The number of ether oxygens (including phenoxy) is 2. The van der Waals surface area contributed by atoms with E-state index in [0.717, 1.165) is 17.1 Å². The summed E-state index contributed by atoms with van der Waals surface area (Å²) in [4.78, 5) is 2.55. The highest BCUT2D eigenvalue weighted by atomic mass is 16.5. The molecule has 1 aromatic rings. The molecule has 21 heavy (non-hydrogen) atoms. The molecule has 2 fully saturated rings. The van der Waals surface area contributed by atoms with Crippen LogP contribution in [0.3, 0.4) is 0 Å². The number of methoxy groups -OCH3 is 2. The minimum Gasteiger partial charge on any atom is -0.497 e. The quantitative estimate of drug-likeness (QED) is 0.926. The molecule has 3 atom stereocenters. The molecule has 0 radical (unpaired) electrons. The lowest BCUT2D eigenvalue weighted by atomic mass is 9.82. The fraction of sp³-hybridized carbons (Fsp3) is 0.647. The summed E-state index contributed by atoms with van der Waals surface area (Å²) < 4.78 is 10.8. The Kier molecular flexibility index (Phi) is 4.09. The second-order valence-electron chi connectivity index (χ2n) is 6.42. The molecule has 0 aliphatic carbocycles. The van der Waals surface area contributed by atoms with Crippen LogP contribution in [-0.4, -0.2) is 38.3 Å². The van der Waals surface area contributed by atoms with Gasteiger partial charge >= 0.3 is 0 Å². The van der Waals surface area contributed by atoms with Gasteiger partial charge in [0.05, 0.1) is 14.2 Å². The van der Waals surface area contributed by atoms with Crippen LogP contribution in [0.2, 0.25) is 0 Å². The number of hydrogen-bond donors (Lipinski definition) is 1. The molecule has 2 aliphatic rings. The maximum atomic E-state index is 6.60. The van der Waals surface area contributed by atoms with Crippen LogP contribution in [0.15, 0.2) is 18.2 Å². The molecule has 4 heteroatoms. The van der Waals surface area contributed by atoms with Gasteiger partial charge in [-0.05, 0) is 44.7 Å². The van der Waals surface area contributed by atoms with E-state index in [-0.39, 0.29) is 6.04 Å². The first-order chi connectivity index (χ1) is 10.1. The molecule has 0 saturated carbocycles. The number of hydrogen-bond acceptors (Lipinski definition) is 4. The second kappa shape index (κ2) is 5.85. The summed E-state index contributed by atoms with van der Waals surface area (Å²) in [6.45, 7) is 0. The number of rotatable bonds is 4. The average Bonchev–Trinajstić information content (AvgIpc) is 2.75. The lowest BCUT2D eigenvalue weighted by Gasteiger charge is -2.39. The van der Waals surface area contributed by atoms with E-state index in [1.807, 2.05) is 12.1 Å².